The zero-order chi connectivity index (χ0) is 19.6. The number of likely N-dealkylation sites (N-methyl/N-ethyl adjacent to an activating group) is 1. The Morgan fingerprint density at radius 2 is 1.67 bits per heavy atom. The Morgan fingerprint density at radius 1 is 1.04 bits per heavy atom. The maximum absolute atomic E-state index is 12.2. The van der Waals surface area contributed by atoms with Crippen molar-refractivity contribution < 1.29 is 18.4 Å². The van der Waals surface area contributed by atoms with Crippen LogP contribution in [0.4, 0.5) is 14.5 Å². The van der Waals surface area contributed by atoms with Crippen molar-refractivity contribution in [2.45, 2.75) is 26.5 Å². The van der Waals surface area contributed by atoms with E-state index in [1.54, 1.807) is 12.1 Å². The van der Waals surface area contributed by atoms with Crippen molar-refractivity contribution in [1.29, 1.82) is 0 Å². The molecule has 0 aliphatic carbocycles. The molecular weight excluding hydrogens is 368 g/mol. The first-order valence-electron chi connectivity index (χ1n) is 9.02. The minimum absolute atomic E-state index is 0.115. The molecule has 0 spiro atoms. The predicted octanol–water partition coefficient (Wildman–Crippen LogP) is 3.24. The van der Waals surface area contributed by atoms with Gasteiger partial charge in [0, 0.05) is 11.3 Å². The Balaban J connectivity index is 1.95. The lowest BCUT2D eigenvalue weighted by molar-refractivity contribution is -0.927. The first-order chi connectivity index (χ1) is 13.0. The summed E-state index contributed by atoms with van der Waals surface area (Å²) in [4.78, 5) is 1.46. The van der Waals surface area contributed by atoms with E-state index in [4.69, 9.17) is 12.2 Å². The Bertz CT molecular complexity index is 694. The van der Waals surface area contributed by atoms with Crippen LogP contribution in [0.2, 0.25) is 0 Å². The Hall–Kier alpha value is -2.25. The Morgan fingerprint density at radius 3 is 2.22 bits per heavy atom. The second kappa shape index (κ2) is 10.8. The summed E-state index contributed by atoms with van der Waals surface area (Å²) >= 11 is 5.38. The number of ether oxygens (including phenoxy) is 1. The molecule has 2 rings (SSSR count). The van der Waals surface area contributed by atoms with E-state index < -0.39 is 6.61 Å². The molecule has 0 aliphatic heterocycles. The fourth-order valence-electron chi connectivity index (χ4n) is 3.02. The summed E-state index contributed by atoms with van der Waals surface area (Å²) < 4.78 is 28.7. The van der Waals surface area contributed by atoms with Gasteiger partial charge in [-0.05, 0) is 50.3 Å². The monoisotopic (exact) mass is 394 g/mol. The SMILES string of the molecule is CC[NH+](CC)[C@@H](CNC(=S)Nc1ccc(OC(F)F)cc1)c1ccccc1. The molecule has 3 N–H and O–H groups in total. The van der Waals surface area contributed by atoms with Gasteiger partial charge in [0.05, 0.1) is 19.6 Å². The van der Waals surface area contributed by atoms with Gasteiger partial charge in [0.2, 0.25) is 0 Å². The van der Waals surface area contributed by atoms with E-state index in [1.165, 1.54) is 22.6 Å². The van der Waals surface area contributed by atoms with Crippen LogP contribution in [0.5, 0.6) is 5.75 Å². The number of quaternary nitrogens is 1. The first kappa shape index (κ1) is 21.1. The van der Waals surface area contributed by atoms with E-state index >= 15 is 0 Å². The minimum Gasteiger partial charge on any atom is -0.435 e. The maximum atomic E-state index is 12.2. The van der Waals surface area contributed by atoms with E-state index in [9.17, 15) is 8.78 Å². The van der Waals surface area contributed by atoms with Crippen LogP contribution in [0.1, 0.15) is 25.5 Å². The first-order valence-corrected chi connectivity index (χ1v) is 9.43. The van der Waals surface area contributed by atoms with Crippen molar-refractivity contribution in [2.75, 3.05) is 25.0 Å². The molecule has 0 bridgehead atoms. The molecule has 0 saturated carbocycles. The van der Waals surface area contributed by atoms with E-state index in [1.807, 2.05) is 18.2 Å². The molecule has 7 heteroatoms. The average Bonchev–Trinajstić information content (AvgIpc) is 2.67. The van der Waals surface area contributed by atoms with Gasteiger partial charge in [0.1, 0.15) is 11.8 Å². The van der Waals surface area contributed by atoms with Gasteiger partial charge in [0.25, 0.3) is 0 Å². The number of anilines is 1. The van der Waals surface area contributed by atoms with Gasteiger partial charge in [-0.3, -0.25) is 0 Å². The standard InChI is InChI=1S/C20H25F2N3OS/c1-3-25(4-2)18(15-8-6-5-7-9-15)14-23-20(27)24-16-10-12-17(13-11-16)26-19(21)22/h5-13,18-19H,3-4,14H2,1-2H3,(H2,23,24,27)/p+1/t18-/m0/s1. The number of halogens is 2. The number of nitrogens with one attached hydrogen (secondary N) is 3. The third kappa shape index (κ3) is 6.77. The zero-order valence-electron chi connectivity index (χ0n) is 15.5. The van der Waals surface area contributed by atoms with Crippen molar-refractivity contribution in [3.05, 3.63) is 60.2 Å². The lowest BCUT2D eigenvalue weighted by Gasteiger charge is -2.27. The summed E-state index contributed by atoms with van der Waals surface area (Å²) in [5.41, 5.74) is 1.97. The molecule has 0 amide bonds. The van der Waals surface area contributed by atoms with Gasteiger partial charge in [-0.15, -0.1) is 0 Å². The summed E-state index contributed by atoms with van der Waals surface area (Å²) in [5.74, 6) is 0.115. The predicted molar refractivity (Wildman–Crippen MR) is 109 cm³/mol. The second-order valence-corrected chi connectivity index (χ2v) is 6.47. The van der Waals surface area contributed by atoms with E-state index in [-0.39, 0.29) is 11.8 Å². The van der Waals surface area contributed by atoms with Crippen molar-refractivity contribution in [3.63, 3.8) is 0 Å². The van der Waals surface area contributed by atoms with Crippen molar-refractivity contribution in [3.8, 4) is 5.75 Å². The molecule has 4 nitrogen and oxygen atoms in total. The van der Waals surface area contributed by atoms with Crippen molar-refractivity contribution in [2.24, 2.45) is 0 Å². The van der Waals surface area contributed by atoms with Gasteiger partial charge in [-0.25, -0.2) is 0 Å². The number of alkyl halides is 2. The van der Waals surface area contributed by atoms with Crippen LogP contribution in [-0.2, 0) is 0 Å². The molecule has 0 unspecified atom stereocenters. The fourth-order valence-corrected chi connectivity index (χ4v) is 3.22. The normalized spacial score (nSPS) is 12.1. The highest BCUT2D eigenvalue weighted by Crippen LogP contribution is 2.17. The molecule has 0 radical (unpaired) electrons. The molecule has 146 valence electrons. The number of thiocarbonyl (C=S) groups is 1. The van der Waals surface area contributed by atoms with Crippen LogP contribution < -0.4 is 20.3 Å². The molecule has 0 aromatic heterocycles. The van der Waals surface area contributed by atoms with Crippen LogP contribution in [0.25, 0.3) is 0 Å². The summed E-state index contributed by atoms with van der Waals surface area (Å²) in [7, 11) is 0. The van der Waals surface area contributed by atoms with E-state index in [0.29, 0.717) is 17.3 Å². The van der Waals surface area contributed by atoms with Crippen LogP contribution in [0.15, 0.2) is 54.6 Å². The summed E-state index contributed by atoms with van der Waals surface area (Å²) in [6, 6.07) is 16.9. The third-order valence-electron chi connectivity index (χ3n) is 4.41. The number of rotatable bonds is 9. The highest BCUT2D eigenvalue weighted by Gasteiger charge is 2.21. The highest BCUT2D eigenvalue weighted by atomic mass is 32.1. The molecule has 0 aliphatic rings. The molecule has 27 heavy (non-hydrogen) atoms. The van der Waals surface area contributed by atoms with Gasteiger partial charge in [-0.1, -0.05) is 30.3 Å². The number of hydrogen-bond donors (Lipinski definition) is 3. The Labute approximate surface area is 164 Å². The molecule has 1 atom stereocenters. The van der Waals surface area contributed by atoms with Crippen LogP contribution >= 0.6 is 12.2 Å². The zero-order valence-corrected chi connectivity index (χ0v) is 16.4. The quantitative estimate of drug-likeness (QED) is 0.571. The van der Waals surface area contributed by atoms with Gasteiger partial charge in [0.15, 0.2) is 5.11 Å². The fraction of sp³-hybridized carbons (Fsp3) is 0.350. The molecule has 2 aromatic rings. The molecule has 0 fully saturated rings. The Kier molecular flexibility index (Phi) is 8.42. The number of hydrogen-bond acceptors (Lipinski definition) is 2. The lowest BCUT2D eigenvalue weighted by Crippen LogP contribution is -3.12. The molecule has 0 saturated heterocycles. The maximum Gasteiger partial charge on any atom is 0.387 e. The average molecular weight is 395 g/mol. The molecule has 2 aromatic carbocycles. The van der Waals surface area contributed by atoms with Gasteiger partial charge >= 0.3 is 6.61 Å². The topological polar surface area (TPSA) is 37.7 Å². The molecule has 0 heterocycles. The van der Waals surface area contributed by atoms with E-state index in [2.05, 4.69) is 41.4 Å². The van der Waals surface area contributed by atoms with Crippen LogP contribution in [0, 0.1) is 0 Å². The smallest absolute Gasteiger partial charge is 0.387 e. The summed E-state index contributed by atoms with van der Waals surface area (Å²) in [6.07, 6.45) is 0. The van der Waals surface area contributed by atoms with Gasteiger partial charge < -0.3 is 20.3 Å². The van der Waals surface area contributed by atoms with E-state index in [0.717, 1.165) is 13.1 Å². The van der Waals surface area contributed by atoms with Crippen LogP contribution in [-0.4, -0.2) is 31.4 Å². The number of benzene rings is 2. The van der Waals surface area contributed by atoms with Gasteiger partial charge in [-0.2, -0.15) is 8.78 Å². The highest BCUT2D eigenvalue weighted by molar-refractivity contribution is 7.80. The second-order valence-electron chi connectivity index (χ2n) is 6.07. The van der Waals surface area contributed by atoms with Crippen LogP contribution in [0.3, 0.4) is 0 Å². The molecular formula is C20H26F2N3OS+. The summed E-state index contributed by atoms with van der Waals surface area (Å²) in [6.45, 7) is 4.25. The van der Waals surface area contributed by atoms with Crippen molar-refractivity contribution >= 4 is 23.0 Å². The third-order valence-corrected chi connectivity index (χ3v) is 4.65. The van der Waals surface area contributed by atoms with Crippen molar-refractivity contribution in [1.82, 2.24) is 5.32 Å². The summed E-state index contributed by atoms with van der Waals surface area (Å²) in [5, 5.41) is 6.84. The minimum atomic E-state index is -2.83. The lowest BCUT2D eigenvalue weighted by atomic mass is 10.1. The largest absolute Gasteiger partial charge is 0.435 e.